The van der Waals surface area contributed by atoms with Gasteiger partial charge in [-0.25, -0.2) is 9.59 Å². The number of benzene rings is 2. The van der Waals surface area contributed by atoms with Crippen LogP contribution in [0.4, 0.5) is 4.79 Å². The largest absolute Gasteiger partial charge is 0.450 e. The molecule has 0 unspecified atom stereocenters. The maximum Gasteiger partial charge on any atom is 0.414 e. The highest BCUT2D eigenvalue weighted by Gasteiger charge is 2.34. The molecule has 2 aromatic heterocycles. The van der Waals surface area contributed by atoms with Gasteiger partial charge in [0.2, 0.25) is 5.69 Å². The first-order valence-electron chi connectivity index (χ1n) is 11.6. The van der Waals surface area contributed by atoms with Crippen LogP contribution in [0.3, 0.4) is 0 Å². The Labute approximate surface area is 230 Å². The molecule has 0 atom stereocenters. The van der Waals surface area contributed by atoms with Gasteiger partial charge >= 0.3 is 11.8 Å². The van der Waals surface area contributed by atoms with Gasteiger partial charge in [0.15, 0.2) is 5.82 Å². The van der Waals surface area contributed by atoms with E-state index >= 15 is 0 Å². The van der Waals surface area contributed by atoms with Crippen LogP contribution in [0.5, 0.6) is 0 Å². The molecule has 0 aliphatic heterocycles. The Kier molecular flexibility index (Phi) is 7.70. The number of nitrogens with zero attached hydrogens (tertiary/aromatic N) is 4. The third-order valence-electron chi connectivity index (χ3n) is 5.79. The van der Waals surface area contributed by atoms with Crippen LogP contribution in [0, 0.1) is 6.92 Å². The van der Waals surface area contributed by atoms with E-state index in [1.165, 1.54) is 19.1 Å². The summed E-state index contributed by atoms with van der Waals surface area (Å²) in [5.74, 6) is -0.521. The number of H-pyrrole nitrogens is 1. The summed E-state index contributed by atoms with van der Waals surface area (Å²) in [5, 5.41) is 10.1. The van der Waals surface area contributed by atoms with Gasteiger partial charge in [0, 0.05) is 21.2 Å². The lowest BCUT2D eigenvalue weighted by atomic mass is 9.83. The number of imide groups is 1. The van der Waals surface area contributed by atoms with Crippen molar-refractivity contribution in [1.82, 2.24) is 30.2 Å². The lowest BCUT2D eigenvalue weighted by molar-refractivity contribution is 0.0916. The lowest BCUT2D eigenvalue weighted by Crippen LogP contribution is -2.41. The molecule has 2 amide bonds. The van der Waals surface area contributed by atoms with Crippen LogP contribution in [0.1, 0.15) is 48.2 Å². The molecule has 0 aliphatic carbocycles. The Bertz CT molecular complexity index is 1680. The van der Waals surface area contributed by atoms with Crippen molar-refractivity contribution in [1.29, 1.82) is 0 Å². The average Bonchev–Trinajstić information content (AvgIpc) is 3.35. The van der Waals surface area contributed by atoms with Crippen molar-refractivity contribution >= 4 is 35.2 Å². The van der Waals surface area contributed by atoms with Crippen molar-refractivity contribution in [3.05, 3.63) is 89.9 Å². The second kappa shape index (κ2) is 10.8. The molecule has 2 aromatic carbocycles. The molecule has 0 saturated carbocycles. The minimum Gasteiger partial charge on any atom is -0.450 e. The summed E-state index contributed by atoms with van der Waals surface area (Å²) >= 11 is 13.3. The second-order valence-electron chi connectivity index (χ2n) is 8.84. The normalized spacial score (nSPS) is 11.3. The van der Waals surface area contributed by atoms with Crippen LogP contribution in [-0.2, 0) is 10.2 Å². The van der Waals surface area contributed by atoms with Crippen molar-refractivity contribution in [3.8, 4) is 17.1 Å². The number of halogens is 2. The zero-order valence-electron chi connectivity index (χ0n) is 21.2. The topological polar surface area (TPSA) is 162 Å². The minimum absolute atomic E-state index is 0.000833. The van der Waals surface area contributed by atoms with E-state index in [-0.39, 0.29) is 22.3 Å². The number of carbonyl (C=O) groups is 2. The van der Waals surface area contributed by atoms with Gasteiger partial charge in [0.05, 0.1) is 17.7 Å². The van der Waals surface area contributed by atoms with Gasteiger partial charge in [0.25, 0.3) is 17.4 Å². The molecule has 0 bridgehead atoms. The van der Waals surface area contributed by atoms with Crippen LogP contribution >= 0.6 is 23.2 Å². The second-order valence-corrected chi connectivity index (χ2v) is 9.66. The van der Waals surface area contributed by atoms with E-state index in [1.807, 2.05) is 41.5 Å². The SMILES string of the molecule is CCOC(=O)NC(=O)c1nn(-c2cc(Cl)c(C(C)(C)c3noc(-c4ccccc4C)n3)c(Cl)c2)c(=O)[nH]c1=O. The van der Waals surface area contributed by atoms with Crippen LogP contribution in [0.25, 0.3) is 17.1 Å². The maximum absolute atomic E-state index is 12.5. The maximum atomic E-state index is 12.5. The molecule has 0 aliphatic rings. The molecule has 202 valence electrons. The molecule has 39 heavy (non-hydrogen) atoms. The summed E-state index contributed by atoms with van der Waals surface area (Å²) in [5.41, 5.74) is -1.54. The monoisotopic (exact) mass is 572 g/mol. The smallest absolute Gasteiger partial charge is 0.414 e. The van der Waals surface area contributed by atoms with Crippen molar-refractivity contribution in [3.63, 3.8) is 0 Å². The molecule has 0 radical (unpaired) electrons. The average molecular weight is 573 g/mol. The van der Waals surface area contributed by atoms with E-state index in [9.17, 15) is 19.2 Å². The summed E-state index contributed by atoms with van der Waals surface area (Å²) in [6.45, 7) is 7.06. The first-order valence-corrected chi connectivity index (χ1v) is 12.3. The Morgan fingerprint density at radius 2 is 1.82 bits per heavy atom. The Morgan fingerprint density at radius 1 is 1.15 bits per heavy atom. The zero-order chi connectivity index (χ0) is 28.5. The highest BCUT2D eigenvalue weighted by atomic mass is 35.5. The number of nitrogens with one attached hydrogen (secondary N) is 2. The summed E-state index contributed by atoms with van der Waals surface area (Å²) in [6, 6.07) is 10.3. The molecule has 4 aromatic rings. The molecule has 2 N–H and O–H groups in total. The molecule has 0 fully saturated rings. The standard InChI is InChI=1S/C25H22Cl2N6O6/c1-5-38-24(37)29-20(35)18-19(34)28-23(36)33(31-18)13-10-15(26)17(16(27)11-13)25(3,4)22-30-21(39-32-22)14-9-7-6-8-12(14)2/h6-11H,5H2,1-4H3,(H,28,34,36)(H,29,35,37). The van der Waals surface area contributed by atoms with Gasteiger partial charge in [0.1, 0.15) is 0 Å². The molecule has 2 heterocycles. The fraction of sp³-hybridized carbons (Fsp3) is 0.240. The number of aryl methyl sites for hydroxylation is 1. The number of aromatic amines is 1. The van der Waals surface area contributed by atoms with Gasteiger partial charge in [-0.3, -0.25) is 19.9 Å². The molecular weight excluding hydrogens is 551 g/mol. The molecule has 14 heteroatoms. The predicted octanol–water partition coefficient (Wildman–Crippen LogP) is 3.80. The number of aromatic nitrogens is 5. The number of alkyl carbamates (subject to hydrolysis) is 1. The van der Waals surface area contributed by atoms with Crippen molar-refractivity contribution in [2.24, 2.45) is 0 Å². The van der Waals surface area contributed by atoms with E-state index < -0.39 is 34.4 Å². The van der Waals surface area contributed by atoms with Gasteiger partial charge in [-0.1, -0.05) is 46.6 Å². The van der Waals surface area contributed by atoms with Crippen molar-refractivity contribution < 1.29 is 18.8 Å². The third-order valence-corrected chi connectivity index (χ3v) is 6.39. The first kappa shape index (κ1) is 27.7. The summed E-state index contributed by atoms with van der Waals surface area (Å²) in [4.78, 5) is 55.2. The van der Waals surface area contributed by atoms with Crippen LogP contribution in [0.15, 0.2) is 50.5 Å². The number of rotatable bonds is 6. The Balaban J connectivity index is 1.73. The number of ether oxygens (including phenoxy) is 1. The van der Waals surface area contributed by atoms with Gasteiger partial charge < -0.3 is 9.26 Å². The molecule has 0 saturated heterocycles. The zero-order valence-corrected chi connectivity index (χ0v) is 22.7. The summed E-state index contributed by atoms with van der Waals surface area (Å²) in [6.07, 6.45) is -1.08. The summed E-state index contributed by atoms with van der Waals surface area (Å²) < 4.78 is 10.9. The lowest BCUT2D eigenvalue weighted by Gasteiger charge is -2.24. The fourth-order valence-corrected chi connectivity index (χ4v) is 4.78. The highest BCUT2D eigenvalue weighted by molar-refractivity contribution is 6.36. The van der Waals surface area contributed by atoms with Crippen molar-refractivity contribution in [2.75, 3.05) is 6.61 Å². The summed E-state index contributed by atoms with van der Waals surface area (Å²) in [7, 11) is 0. The van der Waals surface area contributed by atoms with E-state index in [0.717, 1.165) is 15.8 Å². The van der Waals surface area contributed by atoms with E-state index in [2.05, 4.69) is 20.0 Å². The highest BCUT2D eigenvalue weighted by Crippen LogP contribution is 2.41. The molecule has 12 nitrogen and oxygen atoms in total. The number of amides is 2. The first-order chi connectivity index (χ1) is 18.4. The Hall–Kier alpha value is -4.29. The minimum atomic E-state index is -1.17. The van der Waals surface area contributed by atoms with Gasteiger partial charge in [-0.2, -0.15) is 14.8 Å². The van der Waals surface area contributed by atoms with Gasteiger partial charge in [-0.15, -0.1) is 0 Å². The predicted molar refractivity (Wildman–Crippen MR) is 142 cm³/mol. The van der Waals surface area contributed by atoms with Crippen LogP contribution in [0.2, 0.25) is 10.0 Å². The van der Waals surface area contributed by atoms with Crippen LogP contribution in [-0.4, -0.2) is 43.5 Å². The van der Waals surface area contributed by atoms with Gasteiger partial charge in [-0.05, 0) is 51.5 Å². The quantitative estimate of drug-likeness (QED) is 0.349. The van der Waals surface area contributed by atoms with E-state index in [1.54, 1.807) is 13.8 Å². The van der Waals surface area contributed by atoms with E-state index in [0.29, 0.717) is 17.3 Å². The van der Waals surface area contributed by atoms with E-state index in [4.69, 9.17) is 27.7 Å². The van der Waals surface area contributed by atoms with Crippen molar-refractivity contribution in [2.45, 2.75) is 33.1 Å². The molecular formula is C25H22Cl2N6O6. The third kappa shape index (κ3) is 5.47. The number of hydrogen-bond acceptors (Lipinski definition) is 9. The fourth-order valence-electron chi connectivity index (χ4n) is 3.83. The number of carbonyl (C=O) groups excluding carboxylic acids is 2. The van der Waals surface area contributed by atoms with Crippen LogP contribution < -0.4 is 16.6 Å². The molecule has 0 spiro atoms. The number of hydrogen-bond donors (Lipinski definition) is 2. The Morgan fingerprint density at radius 3 is 2.46 bits per heavy atom. The molecule has 4 rings (SSSR count).